The third-order valence-corrected chi connectivity index (χ3v) is 2.71. The lowest BCUT2D eigenvalue weighted by molar-refractivity contribution is -0.115. The minimum absolute atomic E-state index is 0.0826. The SMILES string of the molecule is NNC(=O)C1=NNC[C@@H]1c1ccc(Cl)cc1. The van der Waals surface area contributed by atoms with Crippen molar-refractivity contribution >= 4 is 23.2 Å². The predicted molar refractivity (Wildman–Crippen MR) is 62.0 cm³/mol. The summed E-state index contributed by atoms with van der Waals surface area (Å²) in [4.78, 5) is 11.4. The van der Waals surface area contributed by atoms with Gasteiger partial charge in [0.05, 0.1) is 5.92 Å². The van der Waals surface area contributed by atoms with Crippen molar-refractivity contribution in [2.24, 2.45) is 10.9 Å². The van der Waals surface area contributed by atoms with Crippen molar-refractivity contribution in [2.45, 2.75) is 5.92 Å². The van der Waals surface area contributed by atoms with Crippen LogP contribution in [-0.2, 0) is 4.79 Å². The number of rotatable bonds is 2. The van der Waals surface area contributed by atoms with Crippen LogP contribution in [0.15, 0.2) is 29.4 Å². The Labute approximate surface area is 97.6 Å². The highest BCUT2D eigenvalue weighted by molar-refractivity contribution is 6.41. The minimum Gasteiger partial charge on any atom is -0.309 e. The van der Waals surface area contributed by atoms with E-state index in [2.05, 4.69) is 16.0 Å². The van der Waals surface area contributed by atoms with E-state index in [-0.39, 0.29) is 11.8 Å². The van der Waals surface area contributed by atoms with Gasteiger partial charge in [-0.15, -0.1) is 0 Å². The van der Waals surface area contributed by atoms with E-state index < -0.39 is 0 Å². The van der Waals surface area contributed by atoms with Gasteiger partial charge in [-0.25, -0.2) is 5.84 Å². The van der Waals surface area contributed by atoms with Crippen molar-refractivity contribution in [3.05, 3.63) is 34.9 Å². The van der Waals surface area contributed by atoms with Crippen LogP contribution in [0.4, 0.5) is 0 Å². The first-order valence-electron chi connectivity index (χ1n) is 4.79. The molecule has 1 aromatic carbocycles. The second kappa shape index (κ2) is 4.51. The van der Waals surface area contributed by atoms with Gasteiger partial charge in [0.1, 0.15) is 5.71 Å². The van der Waals surface area contributed by atoms with Crippen molar-refractivity contribution < 1.29 is 4.79 Å². The summed E-state index contributed by atoms with van der Waals surface area (Å²) in [6.07, 6.45) is 0. The number of amides is 1. The predicted octanol–water partition coefficient (Wildman–Crippen LogP) is 0.373. The number of benzene rings is 1. The van der Waals surface area contributed by atoms with E-state index in [4.69, 9.17) is 17.4 Å². The summed E-state index contributed by atoms with van der Waals surface area (Å²) in [6, 6.07) is 7.32. The number of carbonyl (C=O) groups excluding carboxylic acids is 1. The number of nitrogens with one attached hydrogen (secondary N) is 2. The summed E-state index contributed by atoms with van der Waals surface area (Å²) in [5.74, 6) is 4.63. The fourth-order valence-corrected chi connectivity index (χ4v) is 1.78. The molecule has 0 radical (unpaired) electrons. The number of hydrogen-bond donors (Lipinski definition) is 3. The zero-order valence-electron chi connectivity index (χ0n) is 8.40. The Balaban J connectivity index is 2.25. The van der Waals surface area contributed by atoms with Gasteiger partial charge in [-0.1, -0.05) is 23.7 Å². The molecule has 1 atom stereocenters. The summed E-state index contributed by atoms with van der Waals surface area (Å²) in [5, 5.41) is 4.59. The lowest BCUT2D eigenvalue weighted by atomic mass is 9.94. The Morgan fingerprint density at radius 2 is 2.19 bits per heavy atom. The van der Waals surface area contributed by atoms with E-state index in [1.165, 1.54) is 0 Å². The zero-order chi connectivity index (χ0) is 11.5. The van der Waals surface area contributed by atoms with Crippen LogP contribution in [0.1, 0.15) is 11.5 Å². The number of hydrogen-bond acceptors (Lipinski definition) is 4. The lowest BCUT2D eigenvalue weighted by Gasteiger charge is -2.10. The Kier molecular flexibility index (Phi) is 3.07. The molecule has 0 bridgehead atoms. The maximum Gasteiger partial charge on any atom is 0.282 e. The first-order valence-corrected chi connectivity index (χ1v) is 5.17. The smallest absolute Gasteiger partial charge is 0.282 e. The van der Waals surface area contributed by atoms with Crippen LogP contribution in [-0.4, -0.2) is 18.2 Å². The van der Waals surface area contributed by atoms with Crippen molar-refractivity contribution in [1.29, 1.82) is 0 Å². The van der Waals surface area contributed by atoms with Gasteiger partial charge in [0.15, 0.2) is 0 Å². The van der Waals surface area contributed by atoms with Gasteiger partial charge in [-0.05, 0) is 17.7 Å². The van der Waals surface area contributed by atoms with Crippen molar-refractivity contribution in [2.75, 3.05) is 6.54 Å². The van der Waals surface area contributed by atoms with Gasteiger partial charge in [0, 0.05) is 11.6 Å². The molecule has 1 heterocycles. The molecule has 0 saturated heterocycles. The molecule has 1 amide bonds. The first kappa shape index (κ1) is 10.9. The number of carbonyl (C=O) groups is 1. The second-order valence-electron chi connectivity index (χ2n) is 3.44. The number of halogens is 1. The van der Waals surface area contributed by atoms with E-state index in [1.807, 2.05) is 12.1 Å². The molecular formula is C10H11ClN4O. The van der Waals surface area contributed by atoms with Crippen LogP contribution in [0.2, 0.25) is 5.02 Å². The molecule has 84 valence electrons. The Bertz CT molecular complexity index is 429. The molecule has 5 nitrogen and oxygen atoms in total. The van der Waals surface area contributed by atoms with E-state index in [0.717, 1.165) is 5.56 Å². The highest BCUT2D eigenvalue weighted by atomic mass is 35.5. The Morgan fingerprint density at radius 1 is 1.50 bits per heavy atom. The zero-order valence-corrected chi connectivity index (χ0v) is 9.16. The van der Waals surface area contributed by atoms with Crippen molar-refractivity contribution in [3.63, 3.8) is 0 Å². The molecule has 0 spiro atoms. The van der Waals surface area contributed by atoms with Crippen LogP contribution < -0.4 is 16.7 Å². The maximum absolute atomic E-state index is 11.4. The summed E-state index contributed by atoms with van der Waals surface area (Å²) < 4.78 is 0. The molecule has 0 fully saturated rings. The van der Waals surface area contributed by atoms with Crippen LogP contribution in [0.25, 0.3) is 0 Å². The molecule has 2 rings (SSSR count). The van der Waals surface area contributed by atoms with Gasteiger partial charge in [0.25, 0.3) is 5.91 Å². The van der Waals surface area contributed by atoms with Gasteiger partial charge < -0.3 is 5.43 Å². The normalized spacial score (nSPS) is 18.9. The largest absolute Gasteiger partial charge is 0.309 e. The monoisotopic (exact) mass is 238 g/mol. The number of nitrogens with zero attached hydrogens (tertiary/aromatic N) is 1. The molecule has 6 heteroatoms. The maximum atomic E-state index is 11.4. The van der Waals surface area contributed by atoms with Gasteiger partial charge in [-0.3, -0.25) is 10.2 Å². The van der Waals surface area contributed by atoms with Gasteiger partial charge >= 0.3 is 0 Å². The van der Waals surface area contributed by atoms with Crippen molar-refractivity contribution in [3.8, 4) is 0 Å². The minimum atomic E-state index is -0.370. The number of hydrazone groups is 1. The molecule has 4 N–H and O–H groups in total. The fourth-order valence-electron chi connectivity index (χ4n) is 1.65. The van der Waals surface area contributed by atoms with Crippen LogP contribution in [0, 0.1) is 0 Å². The molecule has 1 aliphatic rings. The summed E-state index contributed by atoms with van der Waals surface area (Å²) in [5.41, 5.74) is 6.25. The lowest BCUT2D eigenvalue weighted by Crippen LogP contribution is -2.38. The van der Waals surface area contributed by atoms with Crippen molar-refractivity contribution in [1.82, 2.24) is 10.9 Å². The van der Waals surface area contributed by atoms with Crippen LogP contribution in [0.3, 0.4) is 0 Å². The van der Waals surface area contributed by atoms with Crippen LogP contribution in [0.5, 0.6) is 0 Å². The standard InChI is InChI=1S/C10H11ClN4O/c11-7-3-1-6(2-4-7)8-5-13-15-9(8)10(16)14-12/h1-4,8,13H,5,12H2,(H,14,16)/t8-/m1/s1. The summed E-state index contributed by atoms with van der Waals surface area (Å²) in [6.45, 7) is 0.588. The Morgan fingerprint density at radius 3 is 2.81 bits per heavy atom. The summed E-state index contributed by atoms with van der Waals surface area (Å²) in [7, 11) is 0. The molecule has 1 aromatic rings. The van der Waals surface area contributed by atoms with E-state index in [9.17, 15) is 4.79 Å². The third-order valence-electron chi connectivity index (χ3n) is 2.46. The third kappa shape index (κ3) is 2.00. The molecule has 0 aliphatic carbocycles. The topological polar surface area (TPSA) is 79.5 Å². The molecule has 16 heavy (non-hydrogen) atoms. The average molecular weight is 239 g/mol. The highest BCUT2D eigenvalue weighted by Gasteiger charge is 2.28. The van der Waals surface area contributed by atoms with E-state index in [0.29, 0.717) is 17.3 Å². The average Bonchev–Trinajstić information content (AvgIpc) is 2.78. The fraction of sp³-hybridized carbons (Fsp3) is 0.200. The molecule has 0 saturated carbocycles. The molecule has 0 unspecified atom stereocenters. The number of nitrogens with two attached hydrogens (primary N) is 1. The first-order chi connectivity index (χ1) is 7.72. The molecule has 0 aromatic heterocycles. The van der Waals surface area contributed by atoms with E-state index in [1.54, 1.807) is 12.1 Å². The number of hydrazine groups is 1. The van der Waals surface area contributed by atoms with Gasteiger partial charge in [-0.2, -0.15) is 5.10 Å². The van der Waals surface area contributed by atoms with Crippen LogP contribution >= 0.6 is 11.6 Å². The van der Waals surface area contributed by atoms with Gasteiger partial charge in [0.2, 0.25) is 0 Å². The molecular weight excluding hydrogens is 228 g/mol. The molecule has 1 aliphatic heterocycles. The second-order valence-corrected chi connectivity index (χ2v) is 3.87. The highest BCUT2D eigenvalue weighted by Crippen LogP contribution is 2.22. The summed E-state index contributed by atoms with van der Waals surface area (Å²) >= 11 is 5.80. The van der Waals surface area contributed by atoms with E-state index >= 15 is 0 Å². The Hall–Kier alpha value is -1.59. The quantitative estimate of drug-likeness (QED) is 0.396.